The standard InChI is InChI=1S/C11H16N4/c1-7(8(2)12)10-14-9-5-4-6-13-11(9)15(10)3/h4-8H,12H2,1-3H3. The molecule has 0 radical (unpaired) electrons. The molecule has 2 rings (SSSR count). The number of pyridine rings is 1. The third-order valence-corrected chi connectivity index (χ3v) is 2.86. The van der Waals surface area contributed by atoms with E-state index in [1.54, 1.807) is 6.20 Å². The molecule has 0 aliphatic rings. The molecule has 0 aliphatic carbocycles. The largest absolute Gasteiger partial charge is 0.327 e. The number of aromatic nitrogens is 3. The number of fused-ring (bicyclic) bond motifs is 1. The molecule has 15 heavy (non-hydrogen) atoms. The van der Waals surface area contributed by atoms with Gasteiger partial charge in [-0.15, -0.1) is 0 Å². The Kier molecular flexibility index (Phi) is 2.44. The lowest BCUT2D eigenvalue weighted by atomic mass is 10.0. The Hall–Kier alpha value is -1.42. The summed E-state index contributed by atoms with van der Waals surface area (Å²) < 4.78 is 2.02. The van der Waals surface area contributed by atoms with E-state index < -0.39 is 0 Å². The van der Waals surface area contributed by atoms with Crippen LogP contribution in [0.5, 0.6) is 0 Å². The Morgan fingerprint density at radius 3 is 2.73 bits per heavy atom. The molecule has 2 heterocycles. The Morgan fingerprint density at radius 1 is 1.40 bits per heavy atom. The summed E-state index contributed by atoms with van der Waals surface area (Å²) in [6.07, 6.45) is 1.78. The van der Waals surface area contributed by atoms with E-state index in [0.29, 0.717) is 0 Å². The molecule has 2 aromatic rings. The van der Waals surface area contributed by atoms with Crippen LogP contribution in [0.15, 0.2) is 18.3 Å². The zero-order valence-electron chi connectivity index (χ0n) is 9.31. The molecule has 2 atom stereocenters. The number of nitrogens with zero attached hydrogens (tertiary/aromatic N) is 3. The normalized spacial score (nSPS) is 15.5. The van der Waals surface area contributed by atoms with E-state index >= 15 is 0 Å². The molecule has 2 N–H and O–H groups in total. The molecule has 0 bridgehead atoms. The van der Waals surface area contributed by atoms with Gasteiger partial charge < -0.3 is 10.3 Å². The highest BCUT2D eigenvalue weighted by molar-refractivity contribution is 5.71. The van der Waals surface area contributed by atoms with Crippen LogP contribution < -0.4 is 5.73 Å². The van der Waals surface area contributed by atoms with Crippen molar-refractivity contribution in [1.29, 1.82) is 0 Å². The van der Waals surface area contributed by atoms with E-state index in [1.807, 2.05) is 30.7 Å². The minimum atomic E-state index is 0.0977. The van der Waals surface area contributed by atoms with Crippen molar-refractivity contribution in [3.05, 3.63) is 24.2 Å². The molecule has 0 amide bonds. The molecule has 0 saturated heterocycles. The van der Waals surface area contributed by atoms with Crippen LogP contribution >= 0.6 is 0 Å². The molecule has 0 saturated carbocycles. The van der Waals surface area contributed by atoms with Crippen molar-refractivity contribution < 1.29 is 0 Å². The molecule has 0 spiro atoms. The van der Waals surface area contributed by atoms with E-state index in [4.69, 9.17) is 5.73 Å². The average Bonchev–Trinajstić information content (AvgIpc) is 2.56. The highest BCUT2D eigenvalue weighted by atomic mass is 15.1. The van der Waals surface area contributed by atoms with Crippen LogP contribution in [0.1, 0.15) is 25.6 Å². The van der Waals surface area contributed by atoms with Crippen LogP contribution in [0.4, 0.5) is 0 Å². The number of imidazole rings is 1. The van der Waals surface area contributed by atoms with Gasteiger partial charge in [0.15, 0.2) is 5.65 Å². The predicted molar refractivity (Wildman–Crippen MR) is 60.6 cm³/mol. The summed E-state index contributed by atoms with van der Waals surface area (Å²) in [7, 11) is 1.98. The summed E-state index contributed by atoms with van der Waals surface area (Å²) in [6, 6.07) is 3.97. The molecular weight excluding hydrogens is 188 g/mol. The second-order valence-electron chi connectivity index (χ2n) is 4.02. The molecular formula is C11H16N4. The highest BCUT2D eigenvalue weighted by Gasteiger charge is 2.17. The number of rotatable bonds is 2. The summed E-state index contributed by atoms with van der Waals surface area (Å²) >= 11 is 0. The zero-order valence-corrected chi connectivity index (χ0v) is 9.31. The quantitative estimate of drug-likeness (QED) is 0.804. The van der Waals surface area contributed by atoms with E-state index in [9.17, 15) is 0 Å². The highest BCUT2D eigenvalue weighted by Crippen LogP contribution is 2.20. The Labute approximate surface area is 89.1 Å². The first-order valence-corrected chi connectivity index (χ1v) is 5.14. The number of nitrogens with two attached hydrogens (primary N) is 1. The minimum absolute atomic E-state index is 0.0977. The van der Waals surface area contributed by atoms with Crippen LogP contribution in [-0.2, 0) is 7.05 Å². The fourth-order valence-corrected chi connectivity index (χ4v) is 1.68. The maximum absolute atomic E-state index is 5.88. The molecule has 0 aromatic carbocycles. The van der Waals surface area contributed by atoms with Gasteiger partial charge in [-0.1, -0.05) is 6.92 Å². The van der Waals surface area contributed by atoms with Gasteiger partial charge in [-0.05, 0) is 19.1 Å². The first kappa shape index (κ1) is 10.1. The smallest absolute Gasteiger partial charge is 0.159 e. The maximum Gasteiger partial charge on any atom is 0.159 e. The van der Waals surface area contributed by atoms with Gasteiger partial charge >= 0.3 is 0 Å². The predicted octanol–water partition coefficient (Wildman–Crippen LogP) is 1.42. The SMILES string of the molecule is CC(N)C(C)c1nc2cccnc2n1C. The molecule has 2 aromatic heterocycles. The summed E-state index contributed by atoms with van der Waals surface area (Å²) in [5.41, 5.74) is 7.73. The van der Waals surface area contributed by atoms with Gasteiger partial charge in [-0.3, -0.25) is 0 Å². The van der Waals surface area contributed by atoms with Crippen LogP contribution in [0.25, 0.3) is 11.2 Å². The van der Waals surface area contributed by atoms with Gasteiger partial charge in [0, 0.05) is 25.2 Å². The summed E-state index contributed by atoms with van der Waals surface area (Å²) in [4.78, 5) is 8.86. The number of hydrogen-bond donors (Lipinski definition) is 1. The number of aryl methyl sites for hydroxylation is 1. The molecule has 0 aliphatic heterocycles. The topological polar surface area (TPSA) is 56.7 Å². The number of hydrogen-bond acceptors (Lipinski definition) is 3. The van der Waals surface area contributed by atoms with E-state index in [1.165, 1.54) is 0 Å². The van der Waals surface area contributed by atoms with Gasteiger partial charge in [0.25, 0.3) is 0 Å². The molecule has 2 unspecified atom stereocenters. The van der Waals surface area contributed by atoms with E-state index in [0.717, 1.165) is 17.0 Å². The first-order valence-electron chi connectivity index (χ1n) is 5.14. The van der Waals surface area contributed by atoms with Gasteiger partial charge in [0.1, 0.15) is 11.3 Å². The van der Waals surface area contributed by atoms with Crippen LogP contribution in [0.3, 0.4) is 0 Å². The molecule has 80 valence electrons. The molecule has 4 heteroatoms. The van der Waals surface area contributed by atoms with Gasteiger partial charge in [0.2, 0.25) is 0 Å². The first-order chi connectivity index (χ1) is 7.11. The third kappa shape index (κ3) is 1.61. The van der Waals surface area contributed by atoms with Crippen molar-refractivity contribution >= 4 is 11.2 Å². The van der Waals surface area contributed by atoms with E-state index in [2.05, 4.69) is 16.9 Å². The van der Waals surface area contributed by atoms with Crippen LogP contribution in [0.2, 0.25) is 0 Å². The lowest BCUT2D eigenvalue weighted by Gasteiger charge is -2.14. The molecule has 0 fully saturated rings. The van der Waals surface area contributed by atoms with Crippen LogP contribution in [-0.4, -0.2) is 20.6 Å². The summed E-state index contributed by atoms with van der Waals surface area (Å²) in [6.45, 7) is 4.09. The summed E-state index contributed by atoms with van der Waals surface area (Å²) in [5, 5.41) is 0. The fourth-order valence-electron chi connectivity index (χ4n) is 1.68. The lowest BCUT2D eigenvalue weighted by molar-refractivity contribution is 0.565. The fraction of sp³-hybridized carbons (Fsp3) is 0.455. The van der Waals surface area contributed by atoms with Crippen molar-refractivity contribution in [1.82, 2.24) is 14.5 Å². The average molecular weight is 204 g/mol. The monoisotopic (exact) mass is 204 g/mol. The van der Waals surface area contributed by atoms with Crippen LogP contribution in [0, 0.1) is 0 Å². The Morgan fingerprint density at radius 2 is 2.13 bits per heavy atom. The third-order valence-electron chi connectivity index (χ3n) is 2.86. The van der Waals surface area contributed by atoms with Gasteiger partial charge in [-0.2, -0.15) is 0 Å². The van der Waals surface area contributed by atoms with Crippen molar-refractivity contribution in [2.24, 2.45) is 12.8 Å². The Bertz CT molecular complexity index is 472. The van der Waals surface area contributed by atoms with Crippen molar-refractivity contribution in [3.63, 3.8) is 0 Å². The van der Waals surface area contributed by atoms with Crippen molar-refractivity contribution in [2.45, 2.75) is 25.8 Å². The van der Waals surface area contributed by atoms with Crippen molar-refractivity contribution in [3.8, 4) is 0 Å². The lowest BCUT2D eigenvalue weighted by Crippen LogP contribution is -2.24. The molecule has 4 nitrogen and oxygen atoms in total. The maximum atomic E-state index is 5.88. The second-order valence-corrected chi connectivity index (χ2v) is 4.02. The second kappa shape index (κ2) is 3.62. The van der Waals surface area contributed by atoms with Gasteiger partial charge in [0.05, 0.1) is 0 Å². The van der Waals surface area contributed by atoms with Gasteiger partial charge in [-0.25, -0.2) is 9.97 Å². The van der Waals surface area contributed by atoms with E-state index in [-0.39, 0.29) is 12.0 Å². The minimum Gasteiger partial charge on any atom is -0.327 e. The summed E-state index contributed by atoms with van der Waals surface area (Å²) in [5.74, 6) is 1.24. The van der Waals surface area contributed by atoms with Crippen molar-refractivity contribution in [2.75, 3.05) is 0 Å². The Balaban J connectivity index is 2.58. The zero-order chi connectivity index (χ0) is 11.0.